The van der Waals surface area contributed by atoms with Gasteiger partial charge in [-0.1, -0.05) is 6.07 Å². The molecule has 0 bridgehead atoms. The maximum Gasteiger partial charge on any atom is 0.127 e. The highest BCUT2D eigenvalue weighted by atomic mass is 79.9. The predicted octanol–water partition coefficient (Wildman–Crippen LogP) is 4.31. The van der Waals surface area contributed by atoms with Crippen LogP contribution < -0.4 is 11.1 Å². The van der Waals surface area contributed by atoms with Gasteiger partial charge < -0.3 is 15.8 Å². The molecule has 0 saturated heterocycles. The zero-order valence-electron chi connectivity index (χ0n) is 12.0. The van der Waals surface area contributed by atoms with E-state index in [4.69, 9.17) is 10.5 Å². The minimum Gasteiger partial charge on any atom is -0.383 e. The van der Waals surface area contributed by atoms with Gasteiger partial charge in [-0.2, -0.15) is 4.37 Å². The van der Waals surface area contributed by atoms with Gasteiger partial charge in [-0.3, -0.25) is 0 Å². The normalized spacial score (nSPS) is 12.9. The first-order valence-corrected chi connectivity index (χ1v) is 10.0. The van der Waals surface area contributed by atoms with E-state index in [-0.39, 0.29) is 6.04 Å². The van der Waals surface area contributed by atoms with Gasteiger partial charge in [-0.15, -0.1) is 22.7 Å². The number of anilines is 1. The van der Waals surface area contributed by atoms with E-state index in [1.807, 2.05) is 0 Å². The molecule has 3 aromatic heterocycles. The summed E-state index contributed by atoms with van der Waals surface area (Å²) in [4.78, 5) is 2.55. The van der Waals surface area contributed by atoms with Gasteiger partial charge in [0.2, 0.25) is 0 Å². The van der Waals surface area contributed by atoms with Crippen LogP contribution in [0.1, 0.15) is 9.75 Å². The number of fused-ring (bicyclic) bond motifs is 1. The fourth-order valence-corrected chi connectivity index (χ4v) is 5.85. The predicted molar refractivity (Wildman–Crippen MR) is 100 cm³/mol. The number of methoxy groups -OCH3 is 1. The smallest absolute Gasteiger partial charge is 0.127 e. The molecule has 0 radical (unpaired) electrons. The van der Waals surface area contributed by atoms with E-state index < -0.39 is 0 Å². The molecular formula is C14H16BrN3OS3. The lowest BCUT2D eigenvalue weighted by Gasteiger charge is -2.08. The molecule has 3 rings (SSSR count). The van der Waals surface area contributed by atoms with Gasteiger partial charge in [-0.25, -0.2) is 0 Å². The first kappa shape index (κ1) is 16.4. The lowest BCUT2D eigenvalue weighted by molar-refractivity contribution is 0.180. The third kappa shape index (κ3) is 3.52. The molecule has 8 heteroatoms. The summed E-state index contributed by atoms with van der Waals surface area (Å²) in [5.74, 6) is 0. The maximum atomic E-state index is 6.07. The molecule has 3 heterocycles. The number of nitrogens with zero attached hydrogens (tertiary/aromatic N) is 1. The number of nitrogens with two attached hydrogens (primary N) is 1. The SMILES string of the molecule is COC[C@@H](N)Cc1sc2c(NCc3cccs3)snc2c1Br. The van der Waals surface area contributed by atoms with Crippen LogP contribution in [-0.4, -0.2) is 24.1 Å². The quantitative estimate of drug-likeness (QED) is 0.600. The first-order valence-electron chi connectivity index (χ1n) is 6.76. The lowest BCUT2D eigenvalue weighted by Crippen LogP contribution is -2.27. The Morgan fingerprint density at radius 1 is 1.50 bits per heavy atom. The highest BCUT2D eigenvalue weighted by Gasteiger charge is 2.18. The van der Waals surface area contributed by atoms with Crippen LogP contribution in [0.2, 0.25) is 0 Å². The van der Waals surface area contributed by atoms with Crippen molar-refractivity contribution in [2.75, 3.05) is 19.0 Å². The molecule has 0 aliphatic rings. The molecule has 4 nitrogen and oxygen atoms in total. The lowest BCUT2D eigenvalue weighted by atomic mass is 10.2. The van der Waals surface area contributed by atoms with Crippen LogP contribution >= 0.6 is 50.1 Å². The van der Waals surface area contributed by atoms with Crippen molar-refractivity contribution in [1.82, 2.24) is 4.37 Å². The average Bonchev–Trinajstić information content (AvgIpc) is 3.18. The highest BCUT2D eigenvalue weighted by Crippen LogP contribution is 2.42. The fraction of sp³-hybridized carbons (Fsp3) is 0.357. The van der Waals surface area contributed by atoms with Crippen molar-refractivity contribution in [3.8, 4) is 0 Å². The molecule has 0 unspecified atom stereocenters. The zero-order valence-corrected chi connectivity index (χ0v) is 16.0. The fourth-order valence-electron chi connectivity index (χ4n) is 2.15. The number of rotatable bonds is 7. The Morgan fingerprint density at radius 3 is 3.09 bits per heavy atom. The number of ether oxygens (including phenoxy) is 1. The largest absolute Gasteiger partial charge is 0.383 e. The van der Waals surface area contributed by atoms with E-state index in [9.17, 15) is 0 Å². The standard InChI is InChI=1S/C14H16BrN3OS3/c1-19-7-8(16)5-10-11(15)12-13(21-10)14(22-18-12)17-6-9-3-2-4-20-9/h2-4,8,17H,5-7,16H2,1H3/t8-/m0/s1. The van der Waals surface area contributed by atoms with Gasteiger partial charge in [0.1, 0.15) is 10.5 Å². The van der Waals surface area contributed by atoms with Crippen LogP contribution in [0, 0.1) is 0 Å². The Hall–Kier alpha value is -0.510. The van der Waals surface area contributed by atoms with Gasteiger partial charge in [0, 0.05) is 29.3 Å². The third-order valence-corrected chi connectivity index (χ3v) is 7.31. The molecule has 3 aromatic rings. The Labute approximate surface area is 149 Å². The van der Waals surface area contributed by atoms with Crippen LogP contribution in [0.5, 0.6) is 0 Å². The van der Waals surface area contributed by atoms with Gasteiger partial charge in [0.25, 0.3) is 0 Å². The number of hydrogen-bond acceptors (Lipinski definition) is 7. The Kier molecular flexibility index (Phi) is 5.48. The van der Waals surface area contributed by atoms with E-state index in [1.165, 1.54) is 26.0 Å². The average molecular weight is 418 g/mol. The summed E-state index contributed by atoms with van der Waals surface area (Å²) in [5.41, 5.74) is 7.10. The van der Waals surface area contributed by atoms with Crippen molar-refractivity contribution < 1.29 is 4.74 Å². The van der Waals surface area contributed by atoms with Crippen molar-refractivity contribution >= 4 is 65.4 Å². The van der Waals surface area contributed by atoms with Crippen molar-refractivity contribution in [2.45, 2.75) is 19.0 Å². The van der Waals surface area contributed by atoms with Crippen molar-refractivity contribution in [2.24, 2.45) is 5.73 Å². The molecule has 0 aliphatic heterocycles. The molecule has 118 valence electrons. The second-order valence-electron chi connectivity index (χ2n) is 4.88. The Morgan fingerprint density at radius 2 is 2.36 bits per heavy atom. The summed E-state index contributed by atoms with van der Waals surface area (Å²) in [6.45, 7) is 1.40. The second kappa shape index (κ2) is 7.37. The van der Waals surface area contributed by atoms with Crippen LogP contribution in [0.25, 0.3) is 10.2 Å². The number of nitrogens with one attached hydrogen (secondary N) is 1. The first-order chi connectivity index (χ1) is 10.7. The minimum absolute atomic E-state index is 0.00950. The molecule has 0 spiro atoms. The van der Waals surface area contributed by atoms with Crippen LogP contribution in [0.15, 0.2) is 22.0 Å². The summed E-state index contributed by atoms with van der Waals surface area (Å²) in [7, 11) is 1.68. The van der Waals surface area contributed by atoms with E-state index in [1.54, 1.807) is 29.8 Å². The van der Waals surface area contributed by atoms with Crippen molar-refractivity contribution in [3.63, 3.8) is 0 Å². The molecule has 0 aliphatic carbocycles. The molecule has 0 aromatic carbocycles. The minimum atomic E-state index is 0.00950. The second-order valence-corrected chi connectivity index (χ2v) is 8.58. The van der Waals surface area contributed by atoms with Gasteiger partial charge >= 0.3 is 0 Å². The molecule has 0 saturated carbocycles. The summed E-state index contributed by atoms with van der Waals surface area (Å²) in [6, 6.07) is 4.21. The summed E-state index contributed by atoms with van der Waals surface area (Å²) in [6.07, 6.45) is 0.796. The number of hydrogen-bond donors (Lipinski definition) is 2. The molecular weight excluding hydrogens is 402 g/mol. The van der Waals surface area contributed by atoms with E-state index in [0.29, 0.717) is 6.61 Å². The van der Waals surface area contributed by atoms with E-state index in [0.717, 1.165) is 28.0 Å². The monoisotopic (exact) mass is 417 g/mol. The molecule has 0 amide bonds. The highest BCUT2D eigenvalue weighted by molar-refractivity contribution is 9.10. The number of aromatic nitrogens is 1. The number of halogens is 1. The molecule has 3 N–H and O–H groups in total. The topological polar surface area (TPSA) is 60.2 Å². The summed E-state index contributed by atoms with van der Waals surface area (Å²) < 4.78 is 12.0. The molecule has 0 fully saturated rings. The summed E-state index contributed by atoms with van der Waals surface area (Å²) >= 11 is 8.69. The molecule has 1 atom stereocenters. The van der Waals surface area contributed by atoms with Crippen molar-refractivity contribution in [1.29, 1.82) is 0 Å². The van der Waals surface area contributed by atoms with Crippen LogP contribution in [0.3, 0.4) is 0 Å². The van der Waals surface area contributed by atoms with Gasteiger partial charge in [0.15, 0.2) is 0 Å². The van der Waals surface area contributed by atoms with Crippen LogP contribution in [-0.2, 0) is 17.7 Å². The Bertz CT molecular complexity index is 738. The maximum absolute atomic E-state index is 6.07. The van der Waals surface area contributed by atoms with Gasteiger partial charge in [0.05, 0.1) is 22.3 Å². The van der Waals surface area contributed by atoms with E-state index >= 15 is 0 Å². The number of thiophene rings is 2. The Balaban J connectivity index is 1.78. The van der Waals surface area contributed by atoms with E-state index in [2.05, 4.69) is 43.1 Å². The van der Waals surface area contributed by atoms with Crippen molar-refractivity contribution in [3.05, 3.63) is 31.7 Å². The van der Waals surface area contributed by atoms with Gasteiger partial charge in [-0.05, 0) is 38.9 Å². The zero-order chi connectivity index (χ0) is 15.5. The molecule has 22 heavy (non-hydrogen) atoms. The summed E-state index contributed by atoms with van der Waals surface area (Å²) in [5, 5.41) is 6.71. The van der Waals surface area contributed by atoms with Crippen LogP contribution in [0.4, 0.5) is 5.00 Å². The third-order valence-electron chi connectivity index (χ3n) is 3.16.